The standard InChI is InChI=1S/C12H16ClNO/c1-15-12-6-10(7-14-8-12)9-3-2-4-11(13)5-9/h6-9,11H,2-5H2,1H3. The lowest BCUT2D eigenvalue weighted by Crippen LogP contribution is -2.14. The summed E-state index contributed by atoms with van der Waals surface area (Å²) in [6.07, 6.45) is 8.33. The van der Waals surface area contributed by atoms with Crippen molar-refractivity contribution in [2.75, 3.05) is 7.11 Å². The molecule has 0 aliphatic heterocycles. The van der Waals surface area contributed by atoms with Crippen LogP contribution in [-0.4, -0.2) is 17.5 Å². The van der Waals surface area contributed by atoms with Crippen LogP contribution in [0, 0.1) is 0 Å². The molecule has 0 aromatic carbocycles. The smallest absolute Gasteiger partial charge is 0.137 e. The van der Waals surface area contributed by atoms with E-state index in [0.717, 1.165) is 18.6 Å². The molecule has 0 N–H and O–H groups in total. The van der Waals surface area contributed by atoms with Crippen LogP contribution < -0.4 is 4.74 Å². The number of hydrogen-bond acceptors (Lipinski definition) is 2. The van der Waals surface area contributed by atoms with Crippen molar-refractivity contribution in [3.63, 3.8) is 0 Å². The molecular formula is C12H16ClNO. The van der Waals surface area contributed by atoms with E-state index < -0.39 is 0 Å². The van der Waals surface area contributed by atoms with E-state index in [4.69, 9.17) is 16.3 Å². The predicted molar refractivity (Wildman–Crippen MR) is 61.6 cm³/mol. The molecule has 2 rings (SSSR count). The molecular weight excluding hydrogens is 210 g/mol. The SMILES string of the molecule is COc1cncc(C2CCCC(Cl)C2)c1. The van der Waals surface area contributed by atoms with Gasteiger partial charge in [-0.3, -0.25) is 4.98 Å². The molecule has 1 aromatic heterocycles. The van der Waals surface area contributed by atoms with E-state index in [2.05, 4.69) is 11.1 Å². The first-order valence-corrected chi connectivity index (χ1v) is 5.86. The third-order valence-electron chi connectivity index (χ3n) is 3.05. The zero-order valence-corrected chi connectivity index (χ0v) is 9.70. The zero-order chi connectivity index (χ0) is 10.7. The van der Waals surface area contributed by atoms with Gasteiger partial charge in [-0.1, -0.05) is 6.42 Å². The molecule has 3 heteroatoms. The third-order valence-corrected chi connectivity index (χ3v) is 3.45. The summed E-state index contributed by atoms with van der Waals surface area (Å²) >= 11 is 6.18. The van der Waals surface area contributed by atoms with Crippen molar-refractivity contribution < 1.29 is 4.74 Å². The van der Waals surface area contributed by atoms with Crippen LogP contribution in [0.4, 0.5) is 0 Å². The molecule has 1 aliphatic carbocycles. The highest BCUT2D eigenvalue weighted by Gasteiger charge is 2.22. The summed E-state index contributed by atoms with van der Waals surface area (Å²) in [6.45, 7) is 0. The predicted octanol–water partition coefficient (Wildman–Crippen LogP) is 3.36. The van der Waals surface area contributed by atoms with Crippen molar-refractivity contribution in [2.45, 2.75) is 37.0 Å². The van der Waals surface area contributed by atoms with E-state index in [9.17, 15) is 0 Å². The fraction of sp³-hybridized carbons (Fsp3) is 0.583. The summed E-state index contributed by atoms with van der Waals surface area (Å²) in [7, 11) is 1.67. The lowest BCUT2D eigenvalue weighted by atomic mass is 9.84. The van der Waals surface area contributed by atoms with E-state index in [1.165, 1.54) is 18.4 Å². The van der Waals surface area contributed by atoms with Crippen molar-refractivity contribution in [3.8, 4) is 5.75 Å². The molecule has 0 amide bonds. The molecule has 0 bridgehead atoms. The molecule has 1 aliphatic rings. The number of halogens is 1. The van der Waals surface area contributed by atoms with Crippen molar-refractivity contribution in [2.24, 2.45) is 0 Å². The molecule has 2 atom stereocenters. The van der Waals surface area contributed by atoms with Gasteiger partial charge in [0.2, 0.25) is 0 Å². The van der Waals surface area contributed by atoms with Crippen LogP contribution >= 0.6 is 11.6 Å². The Balaban J connectivity index is 2.13. The van der Waals surface area contributed by atoms with Crippen LogP contribution in [0.25, 0.3) is 0 Å². The summed E-state index contributed by atoms with van der Waals surface area (Å²) in [6, 6.07) is 2.08. The normalized spacial score (nSPS) is 26.3. The van der Waals surface area contributed by atoms with Gasteiger partial charge < -0.3 is 4.74 Å². The van der Waals surface area contributed by atoms with Crippen molar-refractivity contribution in [3.05, 3.63) is 24.0 Å². The van der Waals surface area contributed by atoms with Crippen LogP contribution in [0.3, 0.4) is 0 Å². The van der Waals surface area contributed by atoms with Gasteiger partial charge in [-0.2, -0.15) is 0 Å². The van der Waals surface area contributed by atoms with Gasteiger partial charge in [0.05, 0.1) is 13.3 Å². The zero-order valence-electron chi connectivity index (χ0n) is 8.95. The number of pyridine rings is 1. The van der Waals surface area contributed by atoms with Gasteiger partial charge in [-0.15, -0.1) is 11.6 Å². The summed E-state index contributed by atoms with van der Waals surface area (Å²) in [5.41, 5.74) is 1.26. The van der Waals surface area contributed by atoms with E-state index in [1.54, 1.807) is 13.3 Å². The summed E-state index contributed by atoms with van der Waals surface area (Å²) in [4.78, 5) is 4.19. The van der Waals surface area contributed by atoms with Gasteiger partial charge in [0, 0.05) is 11.6 Å². The largest absolute Gasteiger partial charge is 0.495 e. The van der Waals surface area contributed by atoms with Crippen molar-refractivity contribution >= 4 is 11.6 Å². The topological polar surface area (TPSA) is 22.1 Å². The molecule has 1 heterocycles. The number of alkyl halides is 1. The molecule has 2 unspecified atom stereocenters. The van der Waals surface area contributed by atoms with Crippen molar-refractivity contribution in [1.82, 2.24) is 4.98 Å². The first-order chi connectivity index (χ1) is 7.29. The van der Waals surface area contributed by atoms with Gasteiger partial charge in [0.25, 0.3) is 0 Å². The minimum Gasteiger partial charge on any atom is -0.495 e. The number of hydrogen-bond donors (Lipinski definition) is 0. The van der Waals surface area contributed by atoms with Crippen LogP contribution in [-0.2, 0) is 0 Å². The fourth-order valence-electron chi connectivity index (χ4n) is 2.20. The Morgan fingerprint density at radius 3 is 3.00 bits per heavy atom. The van der Waals surface area contributed by atoms with E-state index in [0.29, 0.717) is 11.3 Å². The molecule has 0 radical (unpaired) electrons. The molecule has 0 spiro atoms. The van der Waals surface area contributed by atoms with E-state index in [-0.39, 0.29) is 0 Å². The molecule has 1 saturated carbocycles. The van der Waals surface area contributed by atoms with Crippen LogP contribution in [0.15, 0.2) is 18.5 Å². The van der Waals surface area contributed by atoms with Crippen LogP contribution in [0.1, 0.15) is 37.2 Å². The third kappa shape index (κ3) is 2.63. The Bertz CT molecular complexity index is 329. The van der Waals surface area contributed by atoms with E-state index >= 15 is 0 Å². The second-order valence-corrected chi connectivity index (χ2v) is 4.74. The first kappa shape index (κ1) is 10.7. The molecule has 82 valence electrons. The minimum atomic E-state index is 0.329. The molecule has 15 heavy (non-hydrogen) atoms. The average Bonchev–Trinajstić information content (AvgIpc) is 2.29. The molecule has 2 nitrogen and oxygen atoms in total. The number of rotatable bonds is 2. The Kier molecular flexibility index (Phi) is 3.47. The Morgan fingerprint density at radius 2 is 2.27 bits per heavy atom. The lowest BCUT2D eigenvalue weighted by molar-refractivity contribution is 0.408. The molecule has 0 saturated heterocycles. The van der Waals surface area contributed by atoms with E-state index in [1.807, 2.05) is 6.20 Å². The fourth-order valence-corrected chi connectivity index (χ4v) is 2.57. The number of nitrogens with zero attached hydrogens (tertiary/aromatic N) is 1. The summed E-state index contributed by atoms with van der Waals surface area (Å²) in [5, 5.41) is 0.329. The van der Waals surface area contributed by atoms with Gasteiger partial charge in [-0.05, 0) is 36.8 Å². The maximum atomic E-state index is 6.18. The van der Waals surface area contributed by atoms with Crippen LogP contribution in [0.2, 0.25) is 0 Å². The second kappa shape index (κ2) is 4.84. The molecule has 1 fully saturated rings. The highest BCUT2D eigenvalue weighted by molar-refractivity contribution is 6.20. The van der Waals surface area contributed by atoms with Crippen molar-refractivity contribution in [1.29, 1.82) is 0 Å². The van der Waals surface area contributed by atoms with Crippen LogP contribution in [0.5, 0.6) is 5.75 Å². The average molecular weight is 226 g/mol. The summed E-state index contributed by atoms with van der Waals surface area (Å²) < 4.78 is 5.18. The Hall–Kier alpha value is -0.760. The lowest BCUT2D eigenvalue weighted by Gasteiger charge is -2.25. The van der Waals surface area contributed by atoms with Gasteiger partial charge >= 0.3 is 0 Å². The Labute approximate surface area is 95.6 Å². The monoisotopic (exact) mass is 225 g/mol. The van der Waals surface area contributed by atoms with Gasteiger partial charge in [0.1, 0.15) is 5.75 Å². The highest BCUT2D eigenvalue weighted by Crippen LogP contribution is 2.35. The molecule has 1 aromatic rings. The minimum absolute atomic E-state index is 0.329. The Morgan fingerprint density at radius 1 is 1.40 bits per heavy atom. The second-order valence-electron chi connectivity index (χ2n) is 4.12. The quantitative estimate of drug-likeness (QED) is 0.721. The number of ether oxygens (including phenoxy) is 1. The number of methoxy groups -OCH3 is 1. The van der Waals surface area contributed by atoms with Gasteiger partial charge in [0.15, 0.2) is 0 Å². The first-order valence-electron chi connectivity index (χ1n) is 5.42. The maximum absolute atomic E-state index is 6.18. The number of aromatic nitrogens is 1. The maximum Gasteiger partial charge on any atom is 0.137 e. The van der Waals surface area contributed by atoms with Gasteiger partial charge in [-0.25, -0.2) is 0 Å². The summed E-state index contributed by atoms with van der Waals surface area (Å²) in [5.74, 6) is 1.40. The highest BCUT2D eigenvalue weighted by atomic mass is 35.5.